The van der Waals surface area contributed by atoms with E-state index in [9.17, 15) is 4.79 Å². The summed E-state index contributed by atoms with van der Waals surface area (Å²) in [5, 5.41) is 7.00. The van der Waals surface area contributed by atoms with E-state index in [1.807, 2.05) is 41.9 Å². The van der Waals surface area contributed by atoms with Crippen LogP contribution in [-0.4, -0.2) is 66.7 Å². The Labute approximate surface area is 177 Å². The number of para-hydroxylation sites is 2. The van der Waals surface area contributed by atoms with Crippen LogP contribution in [0, 0.1) is 0 Å². The van der Waals surface area contributed by atoms with Crippen molar-refractivity contribution in [2.45, 2.75) is 0 Å². The number of carbonyl (C=O) groups excluding carboxylic acids is 1. The van der Waals surface area contributed by atoms with Crippen molar-refractivity contribution >= 4 is 34.4 Å². The predicted molar refractivity (Wildman–Crippen MR) is 113 cm³/mol. The van der Waals surface area contributed by atoms with Crippen LogP contribution in [0.25, 0.3) is 22.4 Å². The van der Waals surface area contributed by atoms with Gasteiger partial charge in [0.1, 0.15) is 18.0 Å². The molecule has 1 saturated heterocycles. The fraction of sp³-hybridized carbons (Fsp3) is 0.250. The van der Waals surface area contributed by atoms with Gasteiger partial charge in [0.15, 0.2) is 0 Å². The highest BCUT2D eigenvalue weighted by Crippen LogP contribution is 2.32. The molecule has 0 aliphatic carbocycles. The smallest absolute Gasteiger partial charge is 0.293 e. The Morgan fingerprint density at radius 1 is 1.13 bits per heavy atom. The van der Waals surface area contributed by atoms with Gasteiger partial charge in [0.2, 0.25) is 5.82 Å². The van der Waals surface area contributed by atoms with Crippen LogP contribution in [0.3, 0.4) is 0 Å². The van der Waals surface area contributed by atoms with Gasteiger partial charge in [0, 0.05) is 45.0 Å². The van der Waals surface area contributed by atoms with Gasteiger partial charge in [-0.1, -0.05) is 23.7 Å². The Morgan fingerprint density at radius 3 is 2.67 bits per heavy atom. The molecule has 0 bridgehead atoms. The van der Waals surface area contributed by atoms with Crippen LogP contribution < -0.4 is 4.90 Å². The second-order valence-corrected chi connectivity index (χ2v) is 7.51. The standard InChI is InChI=1S/C20H19ClN8O/c1-27-16-5-3-2-4-15(16)25-19(27)13-10-17(22-11-14(13)21)28-6-8-29(9-7-28)20(30)18-23-12-24-26-18/h2-5,10-12H,6-9H2,1H3,(H,23,24,26). The molecule has 10 heteroatoms. The summed E-state index contributed by atoms with van der Waals surface area (Å²) in [6.45, 7) is 2.46. The average molecular weight is 423 g/mol. The Morgan fingerprint density at radius 2 is 1.93 bits per heavy atom. The monoisotopic (exact) mass is 422 g/mol. The van der Waals surface area contributed by atoms with Gasteiger partial charge in [-0.05, 0) is 18.2 Å². The van der Waals surface area contributed by atoms with Crippen molar-refractivity contribution in [2.75, 3.05) is 31.1 Å². The molecule has 0 atom stereocenters. The highest BCUT2D eigenvalue weighted by Gasteiger charge is 2.25. The second kappa shape index (κ2) is 7.42. The molecule has 3 aromatic heterocycles. The highest BCUT2D eigenvalue weighted by atomic mass is 35.5. The summed E-state index contributed by atoms with van der Waals surface area (Å²) in [4.78, 5) is 29.5. The minimum Gasteiger partial charge on any atom is -0.353 e. The largest absolute Gasteiger partial charge is 0.353 e. The van der Waals surface area contributed by atoms with Crippen molar-refractivity contribution in [3.8, 4) is 11.4 Å². The minimum absolute atomic E-state index is 0.166. The number of nitrogens with zero attached hydrogens (tertiary/aromatic N) is 7. The van der Waals surface area contributed by atoms with Crippen LogP contribution in [0.5, 0.6) is 0 Å². The first-order valence-electron chi connectivity index (χ1n) is 9.59. The third-order valence-electron chi connectivity index (χ3n) is 5.37. The lowest BCUT2D eigenvalue weighted by atomic mass is 10.2. The first-order valence-corrected chi connectivity index (χ1v) is 9.97. The van der Waals surface area contributed by atoms with Crippen molar-refractivity contribution < 1.29 is 4.79 Å². The van der Waals surface area contributed by atoms with E-state index in [1.54, 1.807) is 11.1 Å². The quantitative estimate of drug-likeness (QED) is 0.544. The van der Waals surface area contributed by atoms with Gasteiger partial charge in [0.05, 0.1) is 16.1 Å². The zero-order valence-corrected chi connectivity index (χ0v) is 17.0. The normalized spacial score (nSPS) is 14.5. The van der Waals surface area contributed by atoms with E-state index in [4.69, 9.17) is 16.6 Å². The molecule has 0 radical (unpaired) electrons. The molecule has 30 heavy (non-hydrogen) atoms. The molecular weight excluding hydrogens is 404 g/mol. The number of aromatic amines is 1. The number of imidazole rings is 1. The molecule has 9 nitrogen and oxygen atoms in total. The summed E-state index contributed by atoms with van der Waals surface area (Å²) in [6, 6.07) is 9.95. The number of H-pyrrole nitrogens is 1. The lowest BCUT2D eigenvalue weighted by Crippen LogP contribution is -2.49. The number of fused-ring (bicyclic) bond motifs is 1. The summed E-state index contributed by atoms with van der Waals surface area (Å²) >= 11 is 6.49. The molecule has 0 saturated carbocycles. The molecule has 5 rings (SSSR count). The fourth-order valence-corrected chi connectivity index (χ4v) is 3.94. The summed E-state index contributed by atoms with van der Waals surface area (Å²) in [7, 11) is 1.98. The number of piperazine rings is 1. The lowest BCUT2D eigenvalue weighted by Gasteiger charge is -2.35. The second-order valence-electron chi connectivity index (χ2n) is 7.11. The molecule has 1 N–H and O–H groups in total. The summed E-state index contributed by atoms with van der Waals surface area (Å²) in [5.74, 6) is 1.63. The van der Waals surface area contributed by atoms with Crippen molar-refractivity contribution in [3.63, 3.8) is 0 Å². The maximum Gasteiger partial charge on any atom is 0.293 e. The number of aryl methyl sites for hydroxylation is 1. The fourth-order valence-electron chi connectivity index (χ4n) is 3.75. The van der Waals surface area contributed by atoms with Gasteiger partial charge in [-0.2, -0.15) is 0 Å². The van der Waals surface area contributed by atoms with Crippen LogP contribution in [0.2, 0.25) is 5.02 Å². The number of amides is 1. The average Bonchev–Trinajstić information content (AvgIpc) is 3.43. The number of hydrogen-bond acceptors (Lipinski definition) is 6. The number of rotatable bonds is 3. The topological polar surface area (TPSA) is 95.8 Å². The molecule has 1 aliphatic heterocycles. The number of hydrogen-bond donors (Lipinski definition) is 1. The van der Waals surface area contributed by atoms with Gasteiger partial charge in [-0.3, -0.25) is 9.89 Å². The van der Waals surface area contributed by atoms with Crippen molar-refractivity contribution in [3.05, 3.63) is 53.7 Å². The van der Waals surface area contributed by atoms with Crippen molar-refractivity contribution in [1.82, 2.24) is 34.6 Å². The maximum atomic E-state index is 12.4. The van der Waals surface area contributed by atoms with E-state index >= 15 is 0 Å². The number of aromatic nitrogens is 6. The van der Waals surface area contributed by atoms with Crippen LogP contribution in [0.1, 0.15) is 10.6 Å². The van der Waals surface area contributed by atoms with Gasteiger partial charge in [-0.25, -0.2) is 15.0 Å². The predicted octanol–water partition coefficient (Wildman–Crippen LogP) is 2.37. The van der Waals surface area contributed by atoms with Crippen molar-refractivity contribution in [2.24, 2.45) is 7.05 Å². The van der Waals surface area contributed by atoms with E-state index in [-0.39, 0.29) is 11.7 Å². The highest BCUT2D eigenvalue weighted by molar-refractivity contribution is 6.33. The van der Waals surface area contributed by atoms with E-state index in [0.717, 1.165) is 28.2 Å². The van der Waals surface area contributed by atoms with Gasteiger partial charge in [0.25, 0.3) is 5.91 Å². The minimum atomic E-state index is -0.166. The SMILES string of the molecule is Cn1c(-c2cc(N3CCN(C(=O)c4nc[nH]n4)CC3)ncc2Cl)nc2ccccc21. The van der Waals surface area contributed by atoms with E-state index < -0.39 is 0 Å². The molecule has 4 aromatic rings. The zero-order valence-electron chi connectivity index (χ0n) is 16.3. The van der Waals surface area contributed by atoms with Crippen LogP contribution in [0.15, 0.2) is 42.9 Å². The van der Waals surface area contributed by atoms with Crippen LogP contribution in [0.4, 0.5) is 5.82 Å². The molecule has 1 aliphatic rings. The zero-order chi connectivity index (χ0) is 20.7. The first kappa shape index (κ1) is 18.6. The number of carbonyl (C=O) groups is 1. The number of halogens is 1. The van der Waals surface area contributed by atoms with Gasteiger partial charge in [-0.15, -0.1) is 5.10 Å². The Bertz CT molecular complexity index is 1210. The molecule has 1 fully saturated rings. The summed E-state index contributed by atoms with van der Waals surface area (Å²) in [6.07, 6.45) is 3.07. The molecule has 1 aromatic carbocycles. The lowest BCUT2D eigenvalue weighted by molar-refractivity contribution is 0.0734. The number of anilines is 1. The Balaban J connectivity index is 1.39. The third kappa shape index (κ3) is 3.17. The molecule has 0 unspecified atom stereocenters. The summed E-state index contributed by atoms with van der Waals surface area (Å²) in [5.41, 5.74) is 2.80. The van der Waals surface area contributed by atoms with Gasteiger partial charge < -0.3 is 14.4 Å². The van der Waals surface area contributed by atoms with E-state index in [1.165, 1.54) is 6.33 Å². The van der Waals surface area contributed by atoms with E-state index in [2.05, 4.69) is 25.1 Å². The summed E-state index contributed by atoms with van der Waals surface area (Å²) < 4.78 is 2.04. The van der Waals surface area contributed by atoms with E-state index in [0.29, 0.717) is 31.2 Å². The molecule has 0 spiro atoms. The maximum absolute atomic E-state index is 12.4. The molecular formula is C20H19ClN8O. The molecule has 4 heterocycles. The van der Waals surface area contributed by atoms with Crippen molar-refractivity contribution in [1.29, 1.82) is 0 Å². The molecule has 1 amide bonds. The Kier molecular flexibility index (Phi) is 4.59. The first-order chi connectivity index (χ1) is 14.6. The third-order valence-corrected chi connectivity index (χ3v) is 5.67. The Hall–Kier alpha value is -3.46. The number of benzene rings is 1. The molecule has 152 valence electrons. The van der Waals surface area contributed by atoms with Crippen LogP contribution >= 0.6 is 11.6 Å². The number of nitrogens with one attached hydrogen (secondary N) is 1. The van der Waals surface area contributed by atoms with Gasteiger partial charge >= 0.3 is 0 Å². The number of pyridine rings is 1. The van der Waals surface area contributed by atoms with Crippen LogP contribution in [-0.2, 0) is 7.05 Å².